The third kappa shape index (κ3) is 4.58. The smallest absolute Gasteiger partial charge is 0.271 e. The topological polar surface area (TPSA) is 73.2 Å². The van der Waals surface area contributed by atoms with Crippen molar-refractivity contribution in [1.29, 1.82) is 0 Å². The highest BCUT2D eigenvalue weighted by Crippen LogP contribution is 2.12. The largest absolute Gasteiger partial charge is 0.463 e. The molecule has 1 heterocycles. The van der Waals surface area contributed by atoms with E-state index in [0.717, 1.165) is 10.2 Å². The van der Waals surface area contributed by atoms with Crippen LogP contribution in [0.2, 0.25) is 0 Å². The molecule has 0 aliphatic heterocycles. The highest BCUT2D eigenvalue weighted by atomic mass is 19.1. The number of hydrogen-bond donors (Lipinski definition) is 1. The van der Waals surface area contributed by atoms with Gasteiger partial charge in [-0.3, -0.25) is 9.59 Å². The maximum Gasteiger partial charge on any atom is 0.271 e. The average molecular weight is 367 g/mol. The summed E-state index contributed by atoms with van der Waals surface area (Å²) in [5.41, 5.74) is 1.74. The average Bonchev–Trinajstić information content (AvgIpc) is 2.66. The lowest BCUT2D eigenvalue weighted by atomic mass is 10.2. The maximum atomic E-state index is 13.1. The molecule has 1 amide bonds. The highest BCUT2D eigenvalue weighted by molar-refractivity contribution is 5.94. The summed E-state index contributed by atoms with van der Waals surface area (Å²) in [6.07, 6.45) is -0.835. The van der Waals surface area contributed by atoms with Crippen molar-refractivity contribution in [1.82, 2.24) is 9.78 Å². The lowest BCUT2D eigenvalue weighted by Crippen LogP contribution is -2.31. The molecular formula is C20H18FN3O3. The number of ether oxygens (including phenoxy) is 1. The van der Waals surface area contributed by atoms with Gasteiger partial charge < -0.3 is 10.1 Å². The van der Waals surface area contributed by atoms with E-state index in [-0.39, 0.29) is 11.8 Å². The first kappa shape index (κ1) is 18.3. The van der Waals surface area contributed by atoms with Crippen LogP contribution in [0, 0.1) is 12.7 Å². The fourth-order valence-corrected chi connectivity index (χ4v) is 2.34. The van der Waals surface area contributed by atoms with Crippen LogP contribution in [-0.4, -0.2) is 21.8 Å². The summed E-state index contributed by atoms with van der Waals surface area (Å²) in [6.45, 7) is 3.54. The molecule has 0 spiro atoms. The Morgan fingerprint density at radius 3 is 2.41 bits per heavy atom. The van der Waals surface area contributed by atoms with Crippen molar-refractivity contribution in [3.8, 4) is 11.6 Å². The van der Waals surface area contributed by atoms with E-state index in [4.69, 9.17) is 4.74 Å². The van der Waals surface area contributed by atoms with E-state index in [1.165, 1.54) is 36.4 Å². The van der Waals surface area contributed by atoms with E-state index in [0.29, 0.717) is 11.4 Å². The summed E-state index contributed by atoms with van der Waals surface area (Å²) in [5, 5.41) is 6.84. The molecule has 138 valence electrons. The molecular weight excluding hydrogens is 349 g/mol. The van der Waals surface area contributed by atoms with Gasteiger partial charge in [0.05, 0.1) is 5.69 Å². The molecule has 1 atom stereocenters. The molecule has 27 heavy (non-hydrogen) atoms. The molecule has 1 N–H and O–H groups in total. The molecule has 3 rings (SSSR count). The van der Waals surface area contributed by atoms with Crippen LogP contribution in [0.1, 0.15) is 12.5 Å². The molecule has 0 aliphatic rings. The Bertz CT molecular complexity index is 998. The number of halogens is 1. The fourth-order valence-electron chi connectivity index (χ4n) is 2.34. The zero-order chi connectivity index (χ0) is 19.4. The number of hydrogen-bond acceptors (Lipinski definition) is 4. The zero-order valence-electron chi connectivity index (χ0n) is 14.8. The van der Waals surface area contributed by atoms with E-state index >= 15 is 0 Å². The van der Waals surface area contributed by atoms with Crippen LogP contribution in [-0.2, 0) is 4.79 Å². The number of carbonyl (C=O) groups is 1. The minimum Gasteiger partial charge on any atom is -0.463 e. The minimum atomic E-state index is -0.835. The van der Waals surface area contributed by atoms with Crippen LogP contribution >= 0.6 is 0 Å². The maximum absolute atomic E-state index is 13.1. The number of amides is 1. The van der Waals surface area contributed by atoms with Crippen LogP contribution in [0.4, 0.5) is 10.1 Å². The van der Waals surface area contributed by atoms with Gasteiger partial charge in [-0.2, -0.15) is 4.68 Å². The summed E-state index contributed by atoms with van der Waals surface area (Å²) in [7, 11) is 0. The number of aromatic nitrogens is 2. The number of nitrogens with zero attached hydrogens (tertiary/aromatic N) is 2. The molecule has 0 aliphatic carbocycles. The van der Waals surface area contributed by atoms with E-state index < -0.39 is 17.5 Å². The predicted octanol–water partition coefficient (Wildman–Crippen LogP) is 3.09. The van der Waals surface area contributed by atoms with Crippen molar-refractivity contribution in [2.75, 3.05) is 5.32 Å². The quantitative estimate of drug-likeness (QED) is 0.752. The van der Waals surface area contributed by atoms with E-state index in [1.807, 2.05) is 19.1 Å². The molecule has 3 aromatic rings. The molecule has 0 bridgehead atoms. The number of benzene rings is 2. The van der Waals surface area contributed by atoms with Gasteiger partial charge in [-0.1, -0.05) is 17.7 Å². The molecule has 7 heteroatoms. The standard InChI is InChI=1S/C20H18FN3O3/c1-13-3-7-16(8-4-13)22-20(26)14(2)27-18-11-12-19(25)24(23-18)17-9-5-15(21)6-10-17/h3-12,14H,1-2H3,(H,22,26). The summed E-state index contributed by atoms with van der Waals surface area (Å²) < 4.78 is 19.7. The molecule has 1 aromatic heterocycles. The van der Waals surface area contributed by atoms with Crippen LogP contribution < -0.4 is 15.6 Å². The Balaban J connectivity index is 1.74. The normalized spacial score (nSPS) is 11.7. The van der Waals surface area contributed by atoms with Gasteiger partial charge in [0.1, 0.15) is 5.82 Å². The lowest BCUT2D eigenvalue weighted by molar-refractivity contribution is -0.122. The highest BCUT2D eigenvalue weighted by Gasteiger charge is 2.16. The Labute approximate surface area is 155 Å². The molecule has 2 aromatic carbocycles. The van der Waals surface area contributed by atoms with Crippen molar-refractivity contribution in [2.45, 2.75) is 20.0 Å². The predicted molar refractivity (Wildman–Crippen MR) is 99.7 cm³/mol. The summed E-state index contributed by atoms with van der Waals surface area (Å²) in [5.74, 6) is -0.661. The van der Waals surface area contributed by atoms with Gasteiger partial charge in [-0.05, 0) is 50.2 Å². The first-order valence-corrected chi connectivity index (χ1v) is 8.33. The summed E-state index contributed by atoms with van der Waals surface area (Å²) >= 11 is 0. The van der Waals surface area contributed by atoms with Crippen molar-refractivity contribution in [3.05, 3.63) is 82.4 Å². The van der Waals surface area contributed by atoms with Crippen molar-refractivity contribution in [3.63, 3.8) is 0 Å². The molecule has 0 saturated heterocycles. The van der Waals surface area contributed by atoms with Gasteiger partial charge in [0.25, 0.3) is 11.5 Å². The van der Waals surface area contributed by atoms with Crippen LogP contribution in [0.3, 0.4) is 0 Å². The van der Waals surface area contributed by atoms with E-state index in [9.17, 15) is 14.0 Å². The van der Waals surface area contributed by atoms with E-state index in [1.54, 1.807) is 19.1 Å². The monoisotopic (exact) mass is 367 g/mol. The zero-order valence-corrected chi connectivity index (χ0v) is 14.8. The second-order valence-corrected chi connectivity index (χ2v) is 6.01. The number of carbonyl (C=O) groups excluding carboxylic acids is 1. The van der Waals surface area contributed by atoms with Crippen molar-refractivity contribution < 1.29 is 13.9 Å². The van der Waals surface area contributed by atoms with Crippen LogP contribution in [0.15, 0.2) is 65.5 Å². The fraction of sp³-hybridized carbons (Fsp3) is 0.150. The van der Waals surface area contributed by atoms with E-state index in [2.05, 4.69) is 10.4 Å². The van der Waals surface area contributed by atoms with Gasteiger partial charge in [0.15, 0.2) is 6.10 Å². The first-order chi connectivity index (χ1) is 12.9. The van der Waals surface area contributed by atoms with Gasteiger partial charge >= 0.3 is 0 Å². The second kappa shape index (κ2) is 7.82. The van der Waals surface area contributed by atoms with Gasteiger partial charge in [0, 0.05) is 17.8 Å². The molecule has 1 unspecified atom stereocenters. The van der Waals surface area contributed by atoms with Crippen molar-refractivity contribution >= 4 is 11.6 Å². The van der Waals surface area contributed by atoms with Crippen LogP contribution in [0.5, 0.6) is 5.88 Å². The third-order valence-corrected chi connectivity index (χ3v) is 3.83. The number of nitrogens with one attached hydrogen (secondary N) is 1. The van der Waals surface area contributed by atoms with Gasteiger partial charge in [0.2, 0.25) is 5.88 Å². The molecule has 0 saturated carbocycles. The number of aryl methyl sites for hydroxylation is 1. The minimum absolute atomic E-state index is 0.102. The Kier molecular flexibility index (Phi) is 5.30. The summed E-state index contributed by atoms with van der Waals surface area (Å²) in [6, 6.07) is 15.4. The number of rotatable bonds is 5. The summed E-state index contributed by atoms with van der Waals surface area (Å²) in [4.78, 5) is 24.3. The van der Waals surface area contributed by atoms with Gasteiger partial charge in [-0.15, -0.1) is 5.10 Å². The molecule has 0 fully saturated rings. The Morgan fingerprint density at radius 1 is 1.07 bits per heavy atom. The number of anilines is 1. The Hall–Kier alpha value is -3.48. The SMILES string of the molecule is Cc1ccc(NC(=O)C(C)Oc2ccc(=O)n(-c3ccc(F)cc3)n2)cc1. The first-order valence-electron chi connectivity index (χ1n) is 8.33. The molecule has 0 radical (unpaired) electrons. The van der Waals surface area contributed by atoms with Crippen LogP contribution in [0.25, 0.3) is 5.69 Å². The van der Waals surface area contributed by atoms with Gasteiger partial charge in [-0.25, -0.2) is 4.39 Å². The third-order valence-electron chi connectivity index (χ3n) is 3.83. The lowest BCUT2D eigenvalue weighted by Gasteiger charge is -2.15. The molecule has 6 nitrogen and oxygen atoms in total. The Morgan fingerprint density at radius 2 is 1.74 bits per heavy atom. The van der Waals surface area contributed by atoms with Crippen molar-refractivity contribution in [2.24, 2.45) is 0 Å². The second-order valence-electron chi connectivity index (χ2n) is 6.01.